The number of hydrogen-bond donors (Lipinski definition) is 1. The van der Waals surface area contributed by atoms with Crippen LogP contribution in [0.1, 0.15) is 88.1 Å². The van der Waals surface area contributed by atoms with Crippen molar-refractivity contribution in [3.05, 3.63) is 35.4 Å². The van der Waals surface area contributed by atoms with Crippen LogP contribution in [-0.4, -0.2) is 35.8 Å². The van der Waals surface area contributed by atoms with Gasteiger partial charge in [-0.1, -0.05) is 64.7 Å². The van der Waals surface area contributed by atoms with Crippen molar-refractivity contribution in [3.63, 3.8) is 0 Å². The van der Waals surface area contributed by atoms with Crippen LogP contribution in [0.15, 0.2) is 24.3 Å². The molecule has 1 aromatic rings. The zero-order valence-corrected chi connectivity index (χ0v) is 18.9. The first-order valence-corrected chi connectivity index (χ1v) is 11.6. The largest absolute Gasteiger partial charge is 0.354 e. The SMILES string of the molecule is CCCCNC(=O)C(C1CCCCC1)N(CCC(C)C)C(=O)c1ccccc1C. The molecule has 2 rings (SSSR count). The molecule has 1 aromatic carbocycles. The average Bonchev–Trinajstić information content (AvgIpc) is 2.71. The molecule has 0 heterocycles. The van der Waals surface area contributed by atoms with Crippen molar-refractivity contribution < 1.29 is 9.59 Å². The highest BCUT2D eigenvalue weighted by Gasteiger charge is 2.37. The second-order valence-corrected chi connectivity index (χ2v) is 8.98. The normalized spacial score (nSPS) is 15.9. The van der Waals surface area contributed by atoms with E-state index in [1.54, 1.807) is 0 Å². The van der Waals surface area contributed by atoms with Gasteiger partial charge in [0, 0.05) is 18.7 Å². The number of hydrogen-bond acceptors (Lipinski definition) is 2. The molecular formula is C25H40N2O2. The summed E-state index contributed by atoms with van der Waals surface area (Å²) >= 11 is 0. The highest BCUT2D eigenvalue weighted by Crippen LogP contribution is 2.31. The summed E-state index contributed by atoms with van der Waals surface area (Å²) in [6.45, 7) is 9.77. The number of unbranched alkanes of at least 4 members (excludes halogenated alkanes) is 1. The van der Waals surface area contributed by atoms with Gasteiger partial charge in [-0.15, -0.1) is 0 Å². The van der Waals surface area contributed by atoms with Crippen LogP contribution < -0.4 is 5.32 Å². The van der Waals surface area contributed by atoms with Crippen molar-refractivity contribution in [2.24, 2.45) is 11.8 Å². The van der Waals surface area contributed by atoms with Gasteiger partial charge in [-0.2, -0.15) is 0 Å². The molecule has 4 heteroatoms. The monoisotopic (exact) mass is 400 g/mol. The minimum Gasteiger partial charge on any atom is -0.354 e. The van der Waals surface area contributed by atoms with Crippen molar-refractivity contribution in [1.82, 2.24) is 10.2 Å². The molecule has 0 bridgehead atoms. The van der Waals surface area contributed by atoms with Crippen molar-refractivity contribution in [2.45, 2.75) is 85.1 Å². The topological polar surface area (TPSA) is 49.4 Å². The van der Waals surface area contributed by atoms with E-state index >= 15 is 0 Å². The molecule has 162 valence electrons. The Bertz CT molecular complexity index is 650. The molecule has 1 saturated carbocycles. The maximum atomic E-state index is 13.6. The smallest absolute Gasteiger partial charge is 0.254 e. The van der Waals surface area contributed by atoms with Gasteiger partial charge in [0.25, 0.3) is 5.91 Å². The molecule has 0 radical (unpaired) electrons. The molecule has 4 nitrogen and oxygen atoms in total. The highest BCUT2D eigenvalue weighted by atomic mass is 16.2. The molecular weight excluding hydrogens is 360 g/mol. The molecule has 1 atom stereocenters. The van der Waals surface area contributed by atoms with Crippen LogP contribution in [0.25, 0.3) is 0 Å². The van der Waals surface area contributed by atoms with Crippen LogP contribution in [-0.2, 0) is 4.79 Å². The summed E-state index contributed by atoms with van der Waals surface area (Å²) in [7, 11) is 0. The summed E-state index contributed by atoms with van der Waals surface area (Å²) in [6, 6.07) is 7.38. The van der Waals surface area contributed by atoms with Crippen molar-refractivity contribution >= 4 is 11.8 Å². The number of amides is 2. The minimum absolute atomic E-state index is 0.00460. The van der Waals surface area contributed by atoms with E-state index in [9.17, 15) is 9.59 Å². The van der Waals surface area contributed by atoms with Gasteiger partial charge in [-0.05, 0) is 56.1 Å². The number of carbonyl (C=O) groups excluding carboxylic acids is 2. The van der Waals surface area contributed by atoms with Crippen LogP contribution >= 0.6 is 0 Å². The van der Waals surface area contributed by atoms with Crippen molar-refractivity contribution in [2.75, 3.05) is 13.1 Å². The molecule has 2 amide bonds. The zero-order chi connectivity index (χ0) is 21.2. The molecule has 0 saturated heterocycles. The van der Waals surface area contributed by atoms with E-state index in [4.69, 9.17) is 0 Å². The maximum Gasteiger partial charge on any atom is 0.254 e. The van der Waals surface area contributed by atoms with Crippen LogP contribution in [0, 0.1) is 18.8 Å². The lowest BCUT2D eigenvalue weighted by atomic mass is 9.82. The number of benzene rings is 1. The van der Waals surface area contributed by atoms with Gasteiger partial charge in [0.05, 0.1) is 0 Å². The van der Waals surface area contributed by atoms with Gasteiger partial charge in [0.15, 0.2) is 0 Å². The van der Waals surface area contributed by atoms with E-state index in [0.29, 0.717) is 19.0 Å². The van der Waals surface area contributed by atoms with Gasteiger partial charge in [0.1, 0.15) is 6.04 Å². The molecule has 0 spiro atoms. The second kappa shape index (κ2) is 12.0. The molecule has 1 unspecified atom stereocenters. The first kappa shape index (κ1) is 23.4. The summed E-state index contributed by atoms with van der Waals surface area (Å²) in [5, 5.41) is 3.14. The van der Waals surface area contributed by atoms with Gasteiger partial charge in [-0.25, -0.2) is 0 Å². The van der Waals surface area contributed by atoms with Crippen LogP contribution in [0.5, 0.6) is 0 Å². The fourth-order valence-corrected chi connectivity index (χ4v) is 4.28. The Balaban J connectivity index is 2.34. The van der Waals surface area contributed by atoms with Crippen LogP contribution in [0.2, 0.25) is 0 Å². The number of aryl methyl sites for hydroxylation is 1. The Labute approximate surface area is 177 Å². The first-order valence-electron chi connectivity index (χ1n) is 11.6. The average molecular weight is 401 g/mol. The number of nitrogens with one attached hydrogen (secondary N) is 1. The number of rotatable bonds is 10. The molecule has 1 aliphatic carbocycles. The summed E-state index contributed by atoms with van der Waals surface area (Å²) in [6.07, 6.45) is 8.53. The van der Waals surface area contributed by atoms with Gasteiger partial charge < -0.3 is 10.2 Å². The Morgan fingerprint density at radius 1 is 1.14 bits per heavy atom. The van der Waals surface area contributed by atoms with E-state index in [1.165, 1.54) is 6.42 Å². The minimum atomic E-state index is -0.363. The lowest BCUT2D eigenvalue weighted by Crippen LogP contribution is -2.54. The third-order valence-corrected chi connectivity index (χ3v) is 6.11. The molecule has 0 aromatic heterocycles. The fourth-order valence-electron chi connectivity index (χ4n) is 4.28. The Morgan fingerprint density at radius 2 is 1.83 bits per heavy atom. The lowest BCUT2D eigenvalue weighted by Gasteiger charge is -2.38. The lowest BCUT2D eigenvalue weighted by molar-refractivity contribution is -0.128. The van der Waals surface area contributed by atoms with E-state index in [1.807, 2.05) is 36.1 Å². The van der Waals surface area contributed by atoms with Gasteiger partial charge >= 0.3 is 0 Å². The molecule has 1 aliphatic rings. The number of carbonyl (C=O) groups is 2. The van der Waals surface area contributed by atoms with Crippen LogP contribution in [0.3, 0.4) is 0 Å². The third-order valence-electron chi connectivity index (χ3n) is 6.11. The quantitative estimate of drug-likeness (QED) is 0.538. The predicted molar refractivity (Wildman–Crippen MR) is 120 cm³/mol. The van der Waals surface area contributed by atoms with E-state index < -0.39 is 0 Å². The Kier molecular flexibility index (Phi) is 9.69. The van der Waals surface area contributed by atoms with Crippen LogP contribution in [0.4, 0.5) is 0 Å². The third kappa shape index (κ3) is 6.87. The Hall–Kier alpha value is -1.84. The van der Waals surface area contributed by atoms with Crippen molar-refractivity contribution in [1.29, 1.82) is 0 Å². The summed E-state index contributed by atoms with van der Waals surface area (Å²) < 4.78 is 0. The first-order chi connectivity index (χ1) is 14.0. The number of nitrogens with zero attached hydrogens (tertiary/aromatic N) is 1. The Morgan fingerprint density at radius 3 is 2.45 bits per heavy atom. The molecule has 1 N–H and O–H groups in total. The molecule has 1 fully saturated rings. The van der Waals surface area contributed by atoms with E-state index in [2.05, 4.69) is 26.1 Å². The zero-order valence-electron chi connectivity index (χ0n) is 18.9. The van der Waals surface area contributed by atoms with Gasteiger partial charge in [0.2, 0.25) is 5.91 Å². The van der Waals surface area contributed by atoms with Crippen molar-refractivity contribution in [3.8, 4) is 0 Å². The molecule has 29 heavy (non-hydrogen) atoms. The summed E-state index contributed by atoms with van der Waals surface area (Å²) in [5.41, 5.74) is 1.69. The van der Waals surface area contributed by atoms with E-state index in [-0.39, 0.29) is 23.8 Å². The highest BCUT2D eigenvalue weighted by molar-refractivity contribution is 5.98. The predicted octanol–water partition coefficient (Wildman–Crippen LogP) is 5.35. The standard InChI is InChI=1S/C25H40N2O2/c1-5-6-17-26-24(28)23(21-13-8-7-9-14-21)27(18-16-19(2)3)25(29)22-15-11-10-12-20(22)4/h10-12,15,19,21,23H,5-9,13-14,16-18H2,1-4H3,(H,26,28). The second-order valence-electron chi connectivity index (χ2n) is 8.98. The van der Waals surface area contributed by atoms with Gasteiger partial charge in [-0.3, -0.25) is 9.59 Å². The summed E-state index contributed by atoms with van der Waals surface area (Å²) in [4.78, 5) is 28.9. The van der Waals surface area contributed by atoms with E-state index in [0.717, 1.165) is 56.1 Å². The summed E-state index contributed by atoms with van der Waals surface area (Å²) in [5.74, 6) is 0.781. The molecule has 0 aliphatic heterocycles. The fraction of sp³-hybridized carbons (Fsp3) is 0.680. The maximum absolute atomic E-state index is 13.6.